The summed E-state index contributed by atoms with van der Waals surface area (Å²) in [5, 5.41) is 20.1. The lowest BCUT2D eigenvalue weighted by atomic mass is 9.98. The fourth-order valence-corrected chi connectivity index (χ4v) is 2.32. The second-order valence-corrected chi connectivity index (χ2v) is 5.47. The predicted molar refractivity (Wildman–Crippen MR) is 81.1 cm³/mol. The van der Waals surface area contributed by atoms with Crippen molar-refractivity contribution in [2.45, 2.75) is 18.6 Å². The Morgan fingerprint density at radius 2 is 1.76 bits per heavy atom. The minimum atomic E-state index is -1.01. The van der Waals surface area contributed by atoms with Crippen LogP contribution in [0.5, 0.6) is 0 Å². The van der Waals surface area contributed by atoms with Gasteiger partial charge in [-0.1, -0.05) is 58.4 Å². The van der Waals surface area contributed by atoms with E-state index in [0.29, 0.717) is 5.56 Å². The summed E-state index contributed by atoms with van der Waals surface area (Å²) < 4.78 is 0.932. The molecule has 2 rings (SSSR count). The van der Waals surface area contributed by atoms with E-state index in [0.717, 1.165) is 10.0 Å². The molecule has 2 aromatic rings. The molecule has 0 radical (unpaired) electrons. The molecular formula is C15H14BrNO4. The van der Waals surface area contributed by atoms with E-state index in [-0.39, 0.29) is 6.42 Å². The monoisotopic (exact) mass is 351 g/mol. The number of hydrogen-bond acceptors (Lipinski definition) is 4. The van der Waals surface area contributed by atoms with Gasteiger partial charge < -0.3 is 9.94 Å². The molecule has 0 heterocycles. The molecule has 0 aliphatic rings. The Morgan fingerprint density at radius 3 is 2.33 bits per heavy atom. The third-order valence-electron chi connectivity index (χ3n) is 3.04. The Morgan fingerprint density at radius 1 is 1.14 bits per heavy atom. The highest BCUT2D eigenvalue weighted by molar-refractivity contribution is 9.10. The van der Waals surface area contributed by atoms with Crippen LogP contribution in [0.25, 0.3) is 0 Å². The van der Waals surface area contributed by atoms with Crippen molar-refractivity contribution in [1.29, 1.82) is 0 Å². The summed E-state index contributed by atoms with van der Waals surface area (Å²) in [6.07, 6.45) is -1.76. The number of hydrogen-bond donors (Lipinski definition) is 1. The first-order valence-electron chi connectivity index (χ1n) is 6.35. The van der Waals surface area contributed by atoms with Crippen LogP contribution in [0.1, 0.15) is 17.2 Å². The van der Waals surface area contributed by atoms with E-state index in [4.69, 9.17) is 0 Å². The zero-order valence-electron chi connectivity index (χ0n) is 11.1. The molecule has 5 nitrogen and oxygen atoms in total. The molecule has 6 heteroatoms. The minimum Gasteiger partial charge on any atom is -0.390 e. The summed E-state index contributed by atoms with van der Waals surface area (Å²) in [6, 6.07) is 16.1. The summed E-state index contributed by atoms with van der Waals surface area (Å²) >= 11 is 3.33. The van der Waals surface area contributed by atoms with Gasteiger partial charge in [0.1, 0.15) is 0 Å². The number of halogens is 1. The molecule has 0 bridgehead atoms. The molecule has 21 heavy (non-hydrogen) atoms. The molecule has 110 valence electrons. The van der Waals surface area contributed by atoms with Gasteiger partial charge in [0.2, 0.25) is 0 Å². The molecular weight excluding hydrogens is 338 g/mol. The Balaban J connectivity index is 2.16. The van der Waals surface area contributed by atoms with Gasteiger partial charge in [-0.05, 0) is 23.3 Å². The summed E-state index contributed by atoms with van der Waals surface area (Å²) in [7, 11) is 0. The summed E-state index contributed by atoms with van der Waals surface area (Å²) in [5.74, 6) is 0. The average Bonchev–Trinajstić information content (AvgIpc) is 2.48. The van der Waals surface area contributed by atoms with Gasteiger partial charge in [0, 0.05) is 10.9 Å². The van der Waals surface area contributed by atoms with Gasteiger partial charge >= 0.3 is 0 Å². The quantitative estimate of drug-likeness (QED) is 0.640. The maximum Gasteiger partial charge on any atom is 0.295 e. The van der Waals surface area contributed by atoms with Crippen LogP contribution in [-0.2, 0) is 11.3 Å². The predicted octanol–water partition coefficient (Wildman–Crippen LogP) is 3.30. The second-order valence-electron chi connectivity index (χ2n) is 4.56. The van der Waals surface area contributed by atoms with Crippen LogP contribution in [0.2, 0.25) is 0 Å². The van der Waals surface area contributed by atoms with Gasteiger partial charge in [-0.15, -0.1) is 10.1 Å². The van der Waals surface area contributed by atoms with Crippen LogP contribution >= 0.6 is 15.9 Å². The fourth-order valence-electron chi connectivity index (χ4n) is 2.06. The third-order valence-corrected chi connectivity index (χ3v) is 3.56. The van der Waals surface area contributed by atoms with Gasteiger partial charge in [-0.25, -0.2) is 0 Å². The third kappa shape index (κ3) is 4.54. The van der Waals surface area contributed by atoms with Gasteiger partial charge in [0.25, 0.3) is 5.09 Å². The Labute approximate surface area is 130 Å². The minimum absolute atomic E-state index is 0.265. The highest BCUT2D eigenvalue weighted by Gasteiger charge is 2.25. The van der Waals surface area contributed by atoms with Crippen molar-refractivity contribution in [2.75, 3.05) is 0 Å². The van der Waals surface area contributed by atoms with Gasteiger partial charge in [0.15, 0.2) is 6.10 Å². The zero-order valence-corrected chi connectivity index (χ0v) is 12.6. The highest BCUT2D eigenvalue weighted by atomic mass is 79.9. The maximum atomic E-state index is 10.7. The lowest BCUT2D eigenvalue weighted by Gasteiger charge is -2.21. The fraction of sp³-hybridized carbons (Fsp3) is 0.200. The maximum absolute atomic E-state index is 10.7. The number of aliphatic hydroxyl groups excluding tert-OH is 1. The van der Waals surface area contributed by atoms with E-state index in [9.17, 15) is 15.2 Å². The molecule has 0 spiro atoms. The van der Waals surface area contributed by atoms with Crippen molar-refractivity contribution in [3.05, 3.63) is 80.3 Å². The summed E-state index contributed by atoms with van der Waals surface area (Å²) in [5.41, 5.74) is 1.44. The first kappa shape index (κ1) is 15.5. The molecule has 2 atom stereocenters. The van der Waals surface area contributed by atoms with Crippen molar-refractivity contribution in [3.63, 3.8) is 0 Å². The van der Waals surface area contributed by atoms with E-state index in [1.807, 2.05) is 24.3 Å². The Hall–Kier alpha value is -1.92. The summed E-state index contributed by atoms with van der Waals surface area (Å²) in [6.45, 7) is 0. The van der Waals surface area contributed by atoms with Crippen LogP contribution in [0.4, 0.5) is 0 Å². The van der Waals surface area contributed by atoms with Crippen LogP contribution < -0.4 is 0 Å². The molecule has 0 aromatic heterocycles. The molecule has 1 N–H and O–H groups in total. The normalized spacial score (nSPS) is 13.4. The van der Waals surface area contributed by atoms with Crippen molar-refractivity contribution in [3.8, 4) is 0 Å². The van der Waals surface area contributed by atoms with E-state index in [1.54, 1.807) is 30.3 Å². The van der Waals surface area contributed by atoms with Crippen molar-refractivity contribution < 1.29 is 15.0 Å². The number of aliphatic hydroxyl groups is 1. The topological polar surface area (TPSA) is 72.6 Å². The molecule has 0 fully saturated rings. The van der Waals surface area contributed by atoms with Crippen LogP contribution in [0, 0.1) is 10.1 Å². The van der Waals surface area contributed by atoms with Gasteiger partial charge in [-0.3, -0.25) is 0 Å². The van der Waals surface area contributed by atoms with Crippen molar-refractivity contribution >= 4 is 15.9 Å². The van der Waals surface area contributed by atoms with E-state index in [2.05, 4.69) is 20.8 Å². The van der Waals surface area contributed by atoms with E-state index in [1.165, 1.54) is 0 Å². The van der Waals surface area contributed by atoms with Crippen molar-refractivity contribution in [2.24, 2.45) is 0 Å². The molecule has 0 saturated carbocycles. The van der Waals surface area contributed by atoms with Crippen LogP contribution in [0.3, 0.4) is 0 Å². The lowest BCUT2D eigenvalue weighted by Crippen LogP contribution is -2.25. The number of nitrogens with zero attached hydrogens (tertiary/aromatic N) is 1. The molecule has 2 aromatic carbocycles. The molecule has 0 aliphatic carbocycles. The standard InChI is InChI=1S/C15H14BrNO4/c16-13-8-6-11(7-9-13)10-14(18)15(21-17(19)20)12-4-2-1-3-5-12/h1-9,14-15,18H,10H2/t14-,15+/m1/s1. The Kier molecular flexibility index (Phi) is 5.30. The highest BCUT2D eigenvalue weighted by Crippen LogP contribution is 2.24. The summed E-state index contributed by atoms with van der Waals surface area (Å²) in [4.78, 5) is 15.3. The smallest absolute Gasteiger partial charge is 0.295 e. The number of benzene rings is 2. The molecule has 0 aliphatic heterocycles. The van der Waals surface area contributed by atoms with Crippen LogP contribution in [0.15, 0.2) is 59.1 Å². The SMILES string of the molecule is O=[N+]([O-])O[C@@H](c1ccccc1)[C@H](O)Cc1ccc(Br)cc1. The molecule has 0 amide bonds. The second kappa shape index (κ2) is 7.19. The lowest BCUT2D eigenvalue weighted by molar-refractivity contribution is -0.773. The van der Waals surface area contributed by atoms with Crippen molar-refractivity contribution in [1.82, 2.24) is 0 Å². The van der Waals surface area contributed by atoms with Crippen LogP contribution in [-0.4, -0.2) is 16.3 Å². The van der Waals surface area contributed by atoms with E-state index < -0.39 is 17.3 Å². The number of rotatable bonds is 6. The van der Waals surface area contributed by atoms with Gasteiger partial charge in [0.05, 0.1) is 6.10 Å². The molecule has 0 saturated heterocycles. The van der Waals surface area contributed by atoms with E-state index >= 15 is 0 Å². The molecule has 0 unspecified atom stereocenters. The Bertz CT molecular complexity index is 588. The van der Waals surface area contributed by atoms with Gasteiger partial charge in [-0.2, -0.15) is 0 Å². The zero-order chi connectivity index (χ0) is 15.2. The largest absolute Gasteiger partial charge is 0.390 e. The average molecular weight is 352 g/mol. The first-order chi connectivity index (χ1) is 10.1. The first-order valence-corrected chi connectivity index (χ1v) is 7.14.